The van der Waals surface area contributed by atoms with Crippen LogP contribution in [-0.4, -0.2) is 85.0 Å². The number of aromatic nitrogens is 6. The lowest BCUT2D eigenvalue weighted by molar-refractivity contribution is -0.236. The summed E-state index contributed by atoms with van der Waals surface area (Å²) in [7, 11) is -5.52. The van der Waals surface area contributed by atoms with Crippen molar-refractivity contribution >= 4 is 49.0 Å². The highest BCUT2D eigenvalue weighted by atomic mass is 32.7. The zero-order valence-electron chi connectivity index (χ0n) is 34.1. The Morgan fingerprint density at radius 1 is 0.889 bits per heavy atom. The maximum Gasteiger partial charge on any atom is 0.389 e. The Kier molecular flexibility index (Phi) is 15.7. The van der Waals surface area contributed by atoms with Gasteiger partial charge in [0.25, 0.3) is 13.4 Å². The minimum Gasteiger partial charge on any atom is -0.756 e. The number of fused-ring (bicyclic) bond motifs is 4. The Bertz CT molecular complexity index is 2410. The molecule has 10 atom stereocenters. The molecule has 3 fully saturated rings. The first-order chi connectivity index (χ1) is 30.2. The van der Waals surface area contributed by atoms with Crippen molar-refractivity contribution < 1.29 is 59.9 Å². The van der Waals surface area contributed by atoms with Crippen LogP contribution in [0.1, 0.15) is 89.2 Å². The van der Waals surface area contributed by atoms with Gasteiger partial charge in [-0.15, -0.1) is 0 Å². The van der Waals surface area contributed by atoms with Crippen LogP contribution in [0.3, 0.4) is 0 Å². The molecule has 3 N–H and O–H groups in total. The Balaban J connectivity index is 1.08. The molecule has 1 aromatic carbocycles. The number of carbonyl (C=O) groups is 1. The van der Waals surface area contributed by atoms with Gasteiger partial charge in [-0.1, -0.05) is 70.4 Å². The van der Waals surface area contributed by atoms with Gasteiger partial charge in [0.15, 0.2) is 36.3 Å². The summed E-state index contributed by atoms with van der Waals surface area (Å²) in [4.78, 5) is 64.4. The number of ether oxygens (including phenoxy) is 3. The van der Waals surface area contributed by atoms with E-state index in [9.17, 15) is 28.4 Å². The number of phosphoric acid groups is 1. The van der Waals surface area contributed by atoms with Crippen molar-refractivity contribution in [2.75, 3.05) is 18.9 Å². The SMILES string of the molecule is CCCCCCCCCCCC(=O)Oc1ccc(CSP2(=O)OC[C@H]3O[C@@H](n4cnc5c(N)ncnc54)[C@H](OP(=O)([O-])OC[C@H]4O[C@@H](n5ccc(=O)[nH]c5=O)[C@H](F)[C@@H]4O2)[C@@H]3F)cc1. The Labute approximate surface area is 363 Å². The van der Waals surface area contributed by atoms with Crippen LogP contribution in [0.2, 0.25) is 0 Å². The van der Waals surface area contributed by atoms with E-state index in [-0.39, 0.29) is 40.9 Å². The molecule has 6 heterocycles. The molecule has 344 valence electrons. The summed E-state index contributed by atoms with van der Waals surface area (Å²) in [6.45, 7) is -4.32. The number of phosphoric ester groups is 1. The van der Waals surface area contributed by atoms with Crippen molar-refractivity contribution in [3.63, 3.8) is 0 Å². The number of nitrogen functional groups attached to an aromatic ring is 1. The molecule has 0 amide bonds. The van der Waals surface area contributed by atoms with Crippen LogP contribution in [-0.2, 0) is 47.2 Å². The average Bonchev–Trinajstić information content (AvgIpc) is 3.91. The van der Waals surface area contributed by atoms with Gasteiger partial charge in [-0.05, 0) is 35.5 Å². The minimum atomic E-state index is -5.52. The summed E-state index contributed by atoms with van der Waals surface area (Å²) in [5.41, 5.74) is 4.75. The third-order valence-corrected chi connectivity index (χ3v) is 15.3. The number of hydrogen-bond acceptors (Lipinski definition) is 18. The van der Waals surface area contributed by atoms with Crippen LogP contribution in [0.4, 0.5) is 14.6 Å². The maximum absolute atomic E-state index is 16.4. The lowest BCUT2D eigenvalue weighted by Crippen LogP contribution is -2.36. The molecule has 3 saturated heterocycles. The number of anilines is 1. The highest BCUT2D eigenvalue weighted by Gasteiger charge is 2.54. The number of imidazole rings is 1. The number of carbonyl (C=O) groups excluding carboxylic acids is 1. The second-order valence-electron chi connectivity index (χ2n) is 15.2. The Hall–Kier alpha value is -3.89. The molecule has 20 nitrogen and oxygen atoms in total. The van der Waals surface area contributed by atoms with Crippen LogP contribution in [0.25, 0.3) is 11.2 Å². The molecule has 25 heteroatoms. The van der Waals surface area contributed by atoms with E-state index in [1.54, 1.807) is 24.3 Å². The average molecular weight is 943 g/mol. The molecule has 3 aromatic heterocycles. The molecular formula is C38H48F2N7O13P2S-. The second kappa shape index (κ2) is 21.0. The quantitative estimate of drug-likeness (QED) is 0.0601. The summed E-state index contributed by atoms with van der Waals surface area (Å²) >= 11 is 0.586. The Morgan fingerprint density at radius 2 is 1.59 bits per heavy atom. The molecule has 0 spiro atoms. The predicted octanol–water partition coefficient (Wildman–Crippen LogP) is 5.58. The van der Waals surface area contributed by atoms with Crippen LogP contribution in [0.15, 0.2) is 58.8 Å². The molecule has 0 aliphatic carbocycles. The van der Waals surface area contributed by atoms with Gasteiger partial charge >= 0.3 is 18.5 Å². The molecule has 3 aliphatic heterocycles. The molecule has 3 aliphatic rings. The number of nitrogens with one attached hydrogen (secondary N) is 1. The van der Waals surface area contributed by atoms with Gasteiger partial charge in [0, 0.05) is 24.4 Å². The topological polar surface area (TPSA) is 263 Å². The van der Waals surface area contributed by atoms with Crippen LogP contribution < -0.4 is 26.6 Å². The largest absolute Gasteiger partial charge is 0.756 e. The molecule has 0 radical (unpaired) electrons. The van der Waals surface area contributed by atoms with Crippen molar-refractivity contribution in [2.24, 2.45) is 0 Å². The second-order valence-corrected chi connectivity index (χ2v) is 20.6. The zero-order valence-corrected chi connectivity index (χ0v) is 36.7. The number of unbranched alkanes of at least 4 members (excludes halogenated alkanes) is 8. The fraction of sp³-hybridized carbons (Fsp3) is 0.579. The lowest BCUT2D eigenvalue weighted by Gasteiger charge is -2.31. The van der Waals surface area contributed by atoms with Gasteiger partial charge in [-0.3, -0.25) is 37.3 Å². The molecule has 63 heavy (non-hydrogen) atoms. The molecule has 2 unspecified atom stereocenters. The number of aromatic amines is 1. The first-order valence-corrected chi connectivity index (χ1v) is 25.2. The van der Waals surface area contributed by atoms with E-state index in [1.807, 2.05) is 4.98 Å². The van der Waals surface area contributed by atoms with Crippen molar-refractivity contribution in [2.45, 2.75) is 126 Å². The first kappa shape index (κ1) is 47.1. The molecule has 0 saturated carbocycles. The molecule has 4 aromatic rings. The number of hydrogen-bond donors (Lipinski definition) is 2. The smallest absolute Gasteiger partial charge is 0.389 e. The number of nitrogens with zero attached hydrogens (tertiary/aromatic N) is 5. The van der Waals surface area contributed by atoms with Crippen molar-refractivity contribution in [1.29, 1.82) is 0 Å². The molecule has 2 bridgehead atoms. The van der Waals surface area contributed by atoms with E-state index in [4.69, 9.17) is 38.0 Å². The minimum absolute atomic E-state index is 0.0271. The van der Waals surface area contributed by atoms with Crippen LogP contribution >= 0.6 is 26.0 Å². The van der Waals surface area contributed by atoms with E-state index in [0.29, 0.717) is 27.9 Å². The Morgan fingerprint density at radius 3 is 2.32 bits per heavy atom. The first-order valence-electron chi connectivity index (χ1n) is 20.6. The fourth-order valence-corrected chi connectivity index (χ4v) is 11.6. The number of rotatable bonds is 16. The van der Waals surface area contributed by atoms with E-state index in [0.717, 1.165) is 44.2 Å². The van der Waals surface area contributed by atoms with E-state index in [2.05, 4.69) is 21.9 Å². The van der Waals surface area contributed by atoms with Crippen molar-refractivity contribution in [1.82, 2.24) is 29.1 Å². The number of benzene rings is 1. The van der Waals surface area contributed by atoms with Gasteiger partial charge in [0.2, 0.25) is 0 Å². The third-order valence-electron chi connectivity index (χ3n) is 10.6. The molecule has 7 rings (SSSR count). The van der Waals surface area contributed by atoms with Gasteiger partial charge in [0.05, 0.1) is 19.5 Å². The van der Waals surface area contributed by atoms with Gasteiger partial charge in [-0.2, -0.15) is 0 Å². The zero-order chi connectivity index (χ0) is 44.7. The van der Waals surface area contributed by atoms with Gasteiger partial charge in [0.1, 0.15) is 42.0 Å². The van der Waals surface area contributed by atoms with E-state index >= 15 is 8.78 Å². The third kappa shape index (κ3) is 11.7. The summed E-state index contributed by atoms with van der Waals surface area (Å²) in [6, 6.07) is 7.24. The monoisotopic (exact) mass is 942 g/mol. The van der Waals surface area contributed by atoms with Crippen molar-refractivity contribution in [3.05, 3.63) is 75.6 Å². The lowest BCUT2D eigenvalue weighted by atomic mass is 10.1. The molecular weight excluding hydrogens is 894 g/mol. The predicted molar refractivity (Wildman–Crippen MR) is 221 cm³/mol. The van der Waals surface area contributed by atoms with E-state index < -0.39 is 88.3 Å². The maximum atomic E-state index is 16.4. The van der Waals surface area contributed by atoms with E-state index in [1.165, 1.54) is 36.7 Å². The van der Waals surface area contributed by atoms with Crippen molar-refractivity contribution in [3.8, 4) is 5.75 Å². The summed E-state index contributed by atoms with van der Waals surface area (Å²) < 4.78 is 102. The number of alkyl halides is 2. The van der Waals surface area contributed by atoms with Crippen LogP contribution in [0.5, 0.6) is 5.75 Å². The number of H-pyrrole nitrogens is 1. The fourth-order valence-electron chi connectivity index (χ4n) is 7.35. The summed E-state index contributed by atoms with van der Waals surface area (Å²) in [5.74, 6) is -0.219. The number of nitrogens with two attached hydrogens (primary N) is 1. The highest BCUT2D eigenvalue weighted by molar-refractivity contribution is 8.54. The number of halogens is 2. The summed E-state index contributed by atoms with van der Waals surface area (Å²) in [6.07, 6.45) is -1.78. The highest BCUT2D eigenvalue weighted by Crippen LogP contribution is 2.64. The van der Waals surface area contributed by atoms with Gasteiger partial charge < -0.3 is 33.9 Å². The normalized spacial score (nSPS) is 30.0. The summed E-state index contributed by atoms with van der Waals surface area (Å²) in [5, 5.41) is 0. The standard InChI is InChI=1S/C38H49F2N7O13P2S/c1-2-3-4-5-6-7-8-9-10-11-28(49)56-24-14-12-23(13-15-24)20-63-62(53)55-18-25-29(39)33(37(57-25)47-22-44-31-34(41)42-21-43-35(31)47)59-61(51,52)54-19-26-32(60-62)30(40)36(58-26)46-17-16-27(48)45-38(46)50/h12-17,21-22,25-26,29-30,32-33,36-37H,2-11,18-20H2,1H3,(H,51,52)(H2,41,42,43)(H,45,48,50)/p-1/t25-,26-,29-,30-,32-,33-,36-,37-,62?/m1/s1. The number of esters is 1. The van der Waals surface area contributed by atoms with Gasteiger partial charge in [-0.25, -0.2) is 33.1 Å². The van der Waals surface area contributed by atoms with Crippen LogP contribution in [0, 0.1) is 0 Å².